The zero-order valence-electron chi connectivity index (χ0n) is 11.5. The van der Waals surface area contributed by atoms with Crippen molar-refractivity contribution in [3.63, 3.8) is 0 Å². The first-order valence-electron chi connectivity index (χ1n) is 6.66. The monoisotopic (exact) mass is 331 g/mol. The molecule has 1 amide bonds. The zero-order chi connectivity index (χ0) is 14.4. The standard InChI is InChI=1S/C17H18BrNO/c1-13-7-9-15(10-8-13)17(20)19-16(12-18)11-14-5-3-2-4-6-14/h2-10,16H,11-12H2,1H3,(H,19,20). The van der Waals surface area contributed by atoms with Gasteiger partial charge in [-0.2, -0.15) is 0 Å². The minimum Gasteiger partial charge on any atom is -0.348 e. The molecule has 0 aliphatic carbocycles. The molecule has 2 nitrogen and oxygen atoms in total. The molecule has 20 heavy (non-hydrogen) atoms. The van der Waals surface area contributed by atoms with Gasteiger partial charge in [0.1, 0.15) is 0 Å². The summed E-state index contributed by atoms with van der Waals surface area (Å²) in [5, 5.41) is 3.80. The first-order chi connectivity index (χ1) is 9.69. The number of hydrogen-bond acceptors (Lipinski definition) is 1. The normalized spacial score (nSPS) is 11.9. The lowest BCUT2D eigenvalue weighted by Crippen LogP contribution is -2.37. The van der Waals surface area contributed by atoms with Gasteiger partial charge in [0.25, 0.3) is 5.91 Å². The van der Waals surface area contributed by atoms with Gasteiger partial charge >= 0.3 is 0 Å². The van der Waals surface area contributed by atoms with Crippen LogP contribution in [0.4, 0.5) is 0 Å². The summed E-state index contributed by atoms with van der Waals surface area (Å²) in [5.74, 6) is -0.0228. The number of nitrogens with one attached hydrogen (secondary N) is 1. The Kier molecular flexibility index (Phi) is 5.36. The highest BCUT2D eigenvalue weighted by Gasteiger charge is 2.13. The van der Waals surface area contributed by atoms with Crippen molar-refractivity contribution in [3.05, 3.63) is 71.3 Å². The second kappa shape index (κ2) is 7.25. The third-order valence-corrected chi connectivity index (χ3v) is 3.94. The first kappa shape index (κ1) is 14.8. The number of alkyl halides is 1. The number of amides is 1. The maximum absolute atomic E-state index is 12.2. The Morgan fingerprint density at radius 2 is 1.75 bits per heavy atom. The van der Waals surface area contributed by atoms with Crippen LogP contribution < -0.4 is 5.32 Å². The molecule has 0 bridgehead atoms. The zero-order valence-corrected chi connectivity index (χ0v) is 13.1. The van der Waals surface area contributed by atoms with Crippen LogP contribution in [0.15, 0.2) is 54.6 Å². The SMILES string of the molecule is Cc1ccc(C(=O)NC(CBr)Cc2ccccc2)cc1. The Bertz CT molecular complexity index is 551. The fourth-order valence-electron chi connectivity index (χ4n) is 2.02. The highest BCUT2D eigenvalue weighted by molar-refractivity contribution is 9.09. The molecule has 0 heterocycles. The number of aryl methyl sites for hydroxylation is 1. The third-order valence-electron chi connectivity index (χ3n) is 3.16. The molecule has 104 valence electrons. The summed E-state index contributed by atoms with van der Waals surface area (Å²) in [6.45, 7) is 2.01. The number of carbonyl (C=O) groups excluding carboxylic acids is 1. The van der Waals surface area contributed by atoms with Gasteiger partial charge in [0, 0.05) is 16.9 Å². The lowest BCUT2D eigenvalue weighted by molar-refractivity contribution is 0.0941. The Morgan fingerprint density at radius 3 is 2.35 bits per heavy atom. The van der Waals surface area contributed by atoms with E-state index >= 15 is 0 Å². The Labute approximate surface area is 128 Å². The van der Waals surface area contributed by atoms with Gasteiger partial charge in [-0.1, -0.05) is 64.0 Å². The number of carbonyl (C=O) groups is 1. The summed E-state index contributed by atoms with van der Waals surface area (Å²) in [5.41, 5.74) is 3.08. The largest absolute Gasteiger partial charge is 0.348 e. The van der Waals surface area contributed by atoms with Crippen molar-refractivity contribution in [3.8, 4) is 0 Å². The van der Waals surface area contributed by atoms with Crippen LogP contribution in [0.2, 0.25) is 0 Å². The van der Waals surface area contributed by atoms with Gasteiger partial charge in [-0.15, -0.1) is 0 Å². The fourth-order valence-corrected chi connectivity index (χ4v) is 2.41. The summed E-state index contributed by atoms with van der Waals surface area (Å²) < 4.78 is 0. The summed E-state index contributed by atoms with van der Waals surface area (Å²) >= 11 is 3.47. The molecule has 0 spiro atoms. The van der Waals surface area contributed by atoms with Crippen LogP contribution in [0.3, 0.4) is 0 Å². The molecule has 2 rings (SSSR count). The topological polar surface area (TPSA) is 29.1 Å². The predicted molar refractivity (Wildman–Crippen MR) is 86.4 cm³/mol. The van der Waals surface area contributed by atoms with E-state index in [0.29, 0.717) is 5.56 Å². The van der Waals surface area contributed by atoms with Crippen molar-refractivity contribution < 1.29 is 4.79 Å². The van der Waals surface area contributed by atoms with Gasteiger partial charge in [-0.05, 0) is 31.0 Å². The minimum absolute atomic E-state index is 0.0228. The van der Waals surface area contributed by atoms with Crippen LogP contribution in [0.25, 0.3) is 0 Å². The van der Waals surface area contributed by atoms with E-state index in [1.165, 1.54) is 5.56 Å². The van der Waals surface area contributed by atoms with E-state index in [1.54, 1.807) is 0 Å². The summed E-state index contributed by atoms with van der Waals surface area (Å²) in [6, 6.07) is 17.9. The van der Waals surface area contributed by atoms with Gasteiger partial charge in [-0.25, -0.2) is 0 Å². The Morgan fingerprint density at radius 1 is 1.10 bits per heavy atom. The van der Waals surface area contributed by atoms with E-state index in [2.05, 4.69) is 33.4 Å². The molecule has 0 saturated heterocycles. The summed E-state index contributed by atoms with van der Waals surface area (Å²) in [6.07, 6.45) is 0.823. The molecule has 0 saturated carbocycles. The van der Waals surface area contributed by atoms with Gasteiger partial charge in [0.15, 0.2) is 0 Å². The average molecular weight is 332 g/mol. The number of halogens is 1. The number of rotatable bonds is 5. The minimum atomic E-state index is -0.0228. The molecular formula is C17H18BrNO. The van der Waals surface area contributed by atoms with Crippen LogP contribution in [0, 0.1) is 6.92 Å². The fraction of sp³-hybridized carbons (Fsp3) is 0.235. The highest BCUT2D eigenvalue weighted by Crippen LogP contribution is 2.08. The van der Waals surface area contributed by atoms with E-state index in [1.807, 2.05) is 49.4 Å². The smallest absolute Gasteiger partial charge is 0.251 e. The molecule has 2 aromatic rings. The van der Waals surface area contributed by atoms with Crippen LogP contribution in [0.1, 0.15) is 21.5 Å². The van der Waals surface area contributed by atoms with E-state index in [0.717, 1.165) is 17.3 Å². The van der Waals surface area contributed by atoms with Gasteiger partial charge in [0.2, 0.25) is 0 Å². The van der Waals surface area contributed by atoms with E-state index < -0.39 is 0 Å². The lowest BCUT2D eigenvalue weighted by atomic mass is 10.1. The van der Waals surface area contributed by atoms with Gasteiger partial charge < -0.3 is 5.32 Å². The molecule has 1 N–H and O–H groups in total. The molecule has 0 aliphatic rings. The molecular weight excluding hydrogens is 314 g/mol. The molecule has 3 heteroatoms. The van der Waals surface area contributed by atoms with Crippen molar-refractivity contribution in [2.45, 2.75) is 19.4 Å². The Hall–Kier alpha value is -1.61. The van der Waals surface area contributed by atoms with Gasteiger partial charge in [0.05, 0.1) is 0 Å². The molecule has 1 atom stereocenters. The molecule has 0 fully saturated rings. The highest BCUT2D eigenvalue weighted by atomic mass is 79.9. The van der Waals surface area contributed by atoms with Crippen molar-refractivity contribution in [1.82, 2.24) is 5.32 Å². The van der Waals surface area contributed by atoms with Gasteiger partial charge in [-0.3, -0.25) is 4.79 Å². The first-order valence-corrected chi connectivity index (χ1v) is 7.78. The van der Waals surface area contributed by atoms with E-state index in [4.69, 9.17) is 0 Å². The predicted octanol–water partition coefficient (Wildman–Crippen LogP) is 3.73. The molecule has 0 aliphatic heterocycles. The summed E-state index contributed by atoms with van der Waals surface area (Å²) in [7, 11) is 0. The van der Waals surface area contributed by atoms with Crippen LogP contribution in [-0.4, -0.2) is 17.3 Å². The molecule has 0 radical (unpaired) electrons. The summed E-state index contributed by atoms with van der Waals surface area (Å²) in [4.78, 5) is 12.2. The molecule has 0 aromatic heterocycles. The quantitative estimate of drug-likeness (QED) is 0.831. The van der Waals surface area contributed by atoms with Crippen LogP contribution in [0.5, 0.6) is 0 Å². The lowest BCUT2D eigenvalue weighted by Gasteiger charge is -2.16. The third kappa shape index (κ3) is 4.20. The Balaban J connectivity index is 1.99. The van der Waals surface area contributed by atoms with Crippen molar-refractivity contribution in [2.75, 3.05) is 5.33 Å². The number of hydrogen-bond donors (Lipinski definition) is 1. The maximum atomic E-state index is 12.2. The van der Waals surface area contributed by atoms with E-state index in [-0.39, 0.29) is 11.9 Å². The van der Waals surface area contributed by atoms with Crippen LogP contribution >= 0.6 is 15.9 Å². The second-order valence-corrected chi connectivity index (χ2v) is 5.53. The van der Waals surface area contributed by atoms with Crippen LogP contribution in [-0.2, 0) is 6.42 Å². The van der Waals surface area contributed by atoms with Crippen molar-refractivity contribution >= 4 is 21.8 Å². The number of benzene rings is 2. The maximum Gasteiger partial charge on any atom is 0.251 e. The van der Waals surface area contributed by atoms with E-state index in [9.17, 15) is 4.79 Å². The van der Waals surface area contributed by atoms with Crippen molar-refractivity contribution in [2.24, 2.45) is 0 Å². The average Bonchev–Trinajstić information content (AvgIpc) is 2.48. The molecule has 1 unspecified atom stereocenters. The molecule has 2 aromatic carbocycles. The van der Waals surface area contributed by atoms with Crippen molar-refractivity contribution in [1.29, 1.82) is 0 Å². The second-order valence-electron chi connectivity index (χ2n) is 4.88.